The molecule has 0 spiro atoms. The van der Waals surface area contributed by atoms with Crippen molar-refractivity contribution in [3.8, 4) is 17.2 Å². The lowest BCUT2D eigenvalue weighted by Gasteiger charge is -2.26. The third kappa shape index (κ3) is 5.09. The molecule has 1 heterocycles. The Labute approximate surface area is 223 Å². The highest BCUT2D eigenvalue weighted by Gasteiger charge is 2.46. The molecule has 1 N–H and O–H groups in total. The van der Waals surface area contributed by atoms with Gasteiger partial charge in [0.15, 0.2) is 0 Å². The van der Waals surface area contributed by atoms with Crippen molar-refractivity contribution in [2.45, 2.75) is 46.4 Å². The molecular formula is C31H33NO6. The number of aryl methyl sites for hydroxylation is 2. The molecule has 3 aromatic carbocycles. The van der Waals surface area contributed by atoms with E-state index >= 15 is 0 Å². The first kappa shape index (κ1) is 26.8. The van der Waals surface area contributed by atoms with E-state index in [2.05, 4.69) is 0 Å². The monoisotopic (exact) mass is 515 g/mol. The number of rotatable bonds is 8. The Hall–Kier alpha value is -4.26. The molecule has 0 aromatic heterocycles. The number of aliphatic hydroxyl groups excluding tert-OH is 1. The van der Waals surface area contributed by atoms with E-state index in [1.54, 1.807) is 26.4 Å². The van der Waals surface area contributed by atoms with Crippen molar-refractivity contribution in [2.75, 3.05) is 14.2 Å². The van der Waals surface area contributed by atoms with Gasteiger partial charge in [-0.1, -0.05) is 30.3 Å². The first-order chi connectivity index (χ1) is 18.2. The van der Waals surface area contributed by atoms with Crippen LogP contribution in [0.2, 0.25) is 0 Å². The second kappa shape index (κ2) is 11.0. The number of benzene rings is 3. The minimum atomic E-state index is -0.836. The first-order valence-corrected chi connectivity index (χ1v) is 12.5. The summed E-state index contributed by atoms with van der Waals surface area (Å²) in [6, 6.07) is 17.4. The zero-order valence-electron chi connectivity index (χ0n) is 22.6. The molecule has 0 radical (unpaired) electrons. The summed E-state index contributed by atoms with van der Waals surface area (Å²) < 4.78 is 16.8. The summed E-state index contributed by atoms with van der Waals surface area (Å²) in [7, 11) is 3.14. The average molecular weight is 516 g/mol. The number of ketones is 1. The van der Waals surface area contributed by atoms with E-state index in [-0.39, 0.29) is 24.0 Å². The van der Waals surface area contributed by atoms with Gasteiger partial charge in [0.2, 0.25) is 0 Å². The molecule has 1 amide bonds. The summed E-state index contributed by atoms with van der Waals surface area (Å²) in [6.07, 6.45) is -0.0601. The van der Waals surface area contributed by atoms with Gasteiger partial charge in [0.05, 0.1) is 38.5 Å². The number of carbonyl (C=O) groups is 2. The predicted molar refractivity (Wildman–Crippen MR) is 146 cm³/mol. The van der Waals surface area contributed by atoms with Crippen LogP contribution in [0.15, 0.2) is 66.2 Å². The number of Topliss-reactive ketones (excluding diaryl/α,β-unsaturated/α-hetero) is 1. The van der Waals surface area contributed by atoms with Gasteiger partial charge in [-0.05, 0) is 74.7 Å². The summed E-state index contributed by atoms with van der Waals surface area (Å²) in [5.41, 5.74) is 3.41. The molecule has 4 rings (SSSR count). The summed E-state index contributed by atoms with van der Waals surface area (Å²) in [6.45, 7) is 7.66. The summed E-state index contributed by atoms with van der Waals surface area (Å²) in [4.78, 5) is 28.5. The Bertz CT molecular complexity index is 1410. The number of para-hydroxylation sites is 1. The molecule has 1 aliphatic rings. The lowest BCUT2D eigenvalue weighted by atomic mass is 9.93. The Morgan fingerprint density at radius 2 is 1.63 bits per heavy atom. The number of carbonyl (C=O) groups excluding carboxylic acids is 2. The molecule has 7 heteroatoms. The van der Waals surface area contributed by atoms with Crippen LogP contribution in [0.25, 0.3) is 5.76 Å². The van der Waals surface area contributed by atoms with E-state index in [9.17, 15) is 14.7 Å². The van der Waals surface area contributed by atoms with E-state index in [0.717, 1.165) is 16.7 Å². The van der Waals surface area contributed by atoms with Crippen molar-refractivity contribution in [3.63, 3.8) is 0 Å². The van der Waals surface area contributed by atoms with Crippen molar-refractivity contribution in [2.24, 2.45) is 0 Å². The molecule has 1 fully saturated rings. The van der Waals surface area contributed by atoms with Crippen molar-refractivity contribution >= 4 is 17.4 Å². The molecule has 1 aliphatic heterocycles. The SMILES string of the molecule is COc1cc(C)c(/C(O)=C2\C(=O)C(=O)N(Cc3ccccc3OC)C2c2cccc(OC(C)C)c2)cc1C. The van der Waals surface area contributed by atoms with Gasteiger partial charge in [0, 0.05) is 11.1 Å². The number of amides is 1. The highest BCUT2D eigenvalue weighted by molar-refractivity contribution is 6.46. The Kier molecular flexibility index (Phi) is 7.76. The molecular weight excluding hydrogens is 482 g/mol. The molecule has 3 aromatic rings. The zero-order chi connectivity index (χ0) is 27.6. The molecule has 0 saturated carbocycles. The Balaban J connectivity index is 1.92. The topological polar surface area (TPSA) is 85.3 Å². The molecule has 1 atom stereocenters. The fraction of sp³-hybridized carbons (Fsp3) is 0.290. The lowest BCUT2D eigenvalue weighted by molar-refractivity contribution is -0.140. The van der Waals surface area contributed by atoms with Gasteiger partial charge < -0.3 is 24.2 Å². The third-order valence-corrected chi connectivity index (χ3v) is 6.62. The zero-order valence-corrected chi connectivity index (χ0v) is 22.6. The van der Waals surface area contributed by atoms with Crippen LogP contribution in [0, 0.1) is 13.8 Å². The van der Waals surface area contributed by atoms with E-state index < -0.39 is 17.7 Å². The Morgan fingerprint density at radius 3 is 2.32 bits per heavy atom. The van der Waals surface area contributed by atoms with Gasteiger partial charge >= 0.3 is 0 Å². The smallest absolute Gasteiger partial charge is 0.295 e. The minimum absolute atomic E-state index is 0.0271. The maximum Gasteiger partial charge on any atom is 0.295 e. The average Bonchev–Trinajstić information content (AvgIpc) is 3.14. The molecule has 38 heavy (non-hydrogen) atoms. The van der Waals surface area contributed by atoms with Crippen LogP contribution in [0.3, 0.4) is 0 Å². The summed E-state index contributed by atoms with van der Waals surface area (Å²) >= 11 is 0. The van der Waals surface area contributed by atoms with Gasteiger partial charge in [-0.2, -0.15) is 0 Å². The fourth-order valence-corrected chi connectivity index (χ4v) is 4.85. The van der Waals surface area contributed by atoms with E-state index in [4.69, 9.17) is 14.2 Å². The van der Waals surface area contributed by atoms with Gasteiger partial charge in [-0.3, -0.25) is 9.59 Å². The van der Waals surface area contributed by atoms with Crippen LogP contribution in [-0.2, 0) is 16.1 Å². The number of methoxy groups -OCH3 is 2. The maximum absolute atomic E-state index is 13.5. The number of nitrogens with zero attached hydrogens (tertiary/aromatic N) is 1. The molecule has 198 valence electrons. The lowest BCUT2D eigenvalue weighted by Crippen LogP contribution is -2.29. The largest absolute Gasteiger partial charge is 0.507 e. The van der Waals surface area contributed by atoms with Crippen molar-refractivity contribution < 1.29 is 28.9 Å². The van der Waals surface area contributed by atoms with Gasteiger partial charge in [0.1, 0.15) is 23.0 Å². The number of hydrogen-bond donors (Lipinski definition) is 1. The number of aliphatic hydroxyl groups is 1. The number of ether oxygens (including phenoxy) is 3. The second-order valence-electron chi connectivity index (χ2n) is 9.61. The van der Waals surface area contributed by atoms with Crippen LogP contribution >= 0.6 is 0 Å². The summed E-state index contributed by atoms with van der Waals surface area (Å²) in [5.74, 6) is 0.217. The number of hydrogen-bond acceptors (Lipinski definition) is 6. The predicted octanol–water partition coefficient (Wildman–Crippen LogP) is 5.73. The summed E-state index contributed by atoms with van der Waals surface area (Å²) in [5, 5.41) is 11.6. The van der Waals surface area contributed by atoms with Crippen molar-refractivity contribution in [1.29, 1.82) is 0 Å². The molecule has 0 aliphatic carbocycles. The highest BCUT2D eigenvalue weighted by Crippen LogP contribution is 2.42. The van der Waals surface area contributed by atoms with Crippen LogP contribution in [0.1, 0.15) is 47.7 Å². The molecule has 0 bridgehead atoms. The van der Waals surface area contributed by atoms with Crippen LogP contribution in [0.4, 0.5) is 0 Å². The Morgan fingerprint density at radius 1 is 0.921 bits per heavy atom. The quantitative estimate of drug-likeness (QED) is 0.234. The standard InChI is InChI=1S/C31H33NO6/c1-18(2)38-23-12-9-11-21(16-23)28-27(29(33)24-14-20(4)26(37-6)15-19(24)3)30(34)31(35)32(28)17-22-10-7-8-13-25(22)36-5/h7-16,18,28,33H,17H2,1-6H3/b29-27+. The third-order valence-electron chi connectivity index (χ3n) is 6.62. The highest BCUT2D eigenvalue weighted by atomic mass is 16.5. The molecule has 1 saturated heterocycles. The normalized spacial score (nSPS) is 16.7. The van der Waals surface area contributed by atoms with Gasteiger partial charge in [-0.15, -0.1) is 0 Å². The van der Waals surface area contributed by atoms with Crippen molar-refractivity contribution in [1.82, 2.24) is 4.90 Å². The van der Waals surface area contributed by atoms with E-state index in [0.29, 0.717) is 28.4 Å². The molecule has 7 nitrogen and oxygen atoms in total. The van der Waals surface area contributed by atoms with E-state index in [1.165, 1.54) is 4.90 Å². The fourth-order valence-electron chi connectivity index (χ4n) is 4.85. The van der Waals surface area contributed by atoms with Gasteiger partial charge in [-0.25, -0.2) is 0 Å². The van der Waals surface area contributed by atoms with Gasteiger partial charge in [0.25, 0.3) is 11.7 Å². The second-order valence-corrected chi connectivity index (χ2v) is 9.61. The maximum atomic E-state index is 13.5. The van der Waals surface area contributed by atoms with Crippen LogP contribution in [0.5, 0.6) is 17.2 Å². The van der Waals surface area contributed by atoms with E-state index in [1.807, 2.05) is 76.2 Å². The van der Waals surface area contributed by atoms with Crippen molar-refractivity contribution in [3.05, 3.63) is 94.1 Å². The molecule has 1 unspecified atom stereocenters. The number of likely N-dealkylation sites (tertiary alicyclic amines) is 1. The minimum Gasteiger partial charge on any atom is -0.507 e. The first-order valence-electron chi connectivity index (χ1n) is 12.5. The van der Waals surface area contributed by atoms with Crippen LogP contribution < -0.4 is 14.2 Å². The van der Waals surface area contributed by atoms with Crippen LogP contribution in [-0.4, -0.2) is 42.0 Å².